The first kappa shape index (κ1) is 27.4. The molecule has 1 fully saturated rings. The standard InChI is InChI=1S/C29H36N6O5/c1-17-14-34(11-9-30-17)20-7-8-21-23(13-20)39-27(36)24(22-16-35-15-18(2)32-19(3)26(35)33-22)25(21)38-12-10-31-28(37)40-29(4,5)6/h7-8,13,15-17,30H,9-12,14H2,1-6H3,(H,31,37)/t17-/m0/s1. The maximum atomic E-state index is 13.5. The Balaban J connectivity index is 1.53. The van der Waals surface area contributed by atoms with E-state index in [1.54, 1.807) is 27.0 Å². The maximum Gasteiger partial charge on any atom is 0.407 e. The first-order valence-electron chi connectivity index (χ1n) is 13.5. The zero-order chi connectivity index (χ0) is 28.6. The number of aromatic nitrogens is 3. The molecule has 1 amide bonds. The number of benzene rings is 1. The molecule has 4 aromatic rings. The zero-order valence-electron chi connectivity index (χ0n) is 23.8. The largest absolute Gasteiger partial charge is 0.490 e. The lowest BCUT2D eigenvalue weighted by Gasteiger charge is -2.33. The van der Waals surface area contributed by atoms with Crippen molar-refractivity contribution in [1.29, 1.82) is 0 Å². The third kappa shape index (κ3) is 5.89. The molecular formula is C29H36N6O5. The number of rotatable bonds is 6. The maximum absolute atomic E-state index is 13.5. The van der Waals surface area contributed by atoms with E-state index in [9.17, 15) is 9.59 Å². The number of aryl methyl sites for hydroxylation is 2. The van der Waals surface area contributed by atoms with Gasteiger partial charge in [-0.05, 0) is 53.7 Å². The normalized spacial score (nSPS) is 15.9. The number of anilines is 1. The average molecular weight is 549 g/mol. The lowest BCUT2D eigenvalue weighted by molar-refractivity contribution is 0.0520. The van der Waals surface area contributed by atoms with Gasteiger partial charge in [0.2, 0.25) is 0 Å². The van der Waals surface area contributed by atoms with Gasteiger partial charge in [-0.3, -0.25) is 4.98 Å². The van der Waals surface area contributed by atoms with Crippen molar-refractivity contribution >= 4 is 28.4 Å². The van der Waals surface area contributed by atoms with Crippen LogP contribution < -0.4 is 25.9 Å². The van der Waals surface area contributed by atoms with E-state index in [4.69, 9.17) is 18.9 Å². The first-order chi connectivity index (χ1) is 19.0. The summed E-state index contributed by atoms with van der Waals surface area (Å²) in [5.74, 6) is 0.350. The number of ether oxygens (including phenoxy) is 2. The van der Waals surface area contributed by atoms with E-state index in [-0.39, 0.29) is 18.7 Å². The van der Waals surface area contributed by atoms with Gasteiger partial charge in [0, 0.05) is 49.8 Å². The average Bonchev–Trinajstić information content (AvgIpc) is 3.28. The summed E-state index contributed by atoms with van der Waals surface area (Å²) in [6.07, 6.45) is 3.09. The van der Waals surface area contributed by atoms with Crippen LogP contribution in [0.25, 0.3) is 27.9 Å². The monoisotopic (exact) mass is 548 g/mol. The summed E-state index contributed by atoms with van der Waals surface area (Å²) in [6, 6.07) is 6.15. The molecule has 0 saturated carbocycles. The number of hydrogen-bond donors (Lipinski definition) is 2. The topological polar surface area (TPSA) is 123 Å². The molecule has 1 saturated heterocycles. The summed E-state index contributed by atoms with van der Waals surface area (Å²) in [5, 5.41) is 6.78. The van der Waals surface area contributed by atoms with Gasteiger partial charge in [0.25, 0.3) is 0 Å². The molecule has 0 radical (unpaired) electrons. The molecule has 0 unspecified atom stereocenters. The zero-order valence-corrected chi connectivity index (χ0v) is 23.8. The molecule has 11 nitrogen and oxygen atoms in total. The van der Waals surface area contributed by atoms with Crippen molar-refractivity contribution in [3.05, 3.63) is 52.4 Å². The molecular weight excluding hydrogens is 512 g/mol. The van der Waals surface area contributed by atoms with Crippen molar-refractivity contribution in [1.82, 2.24) is 25.0 Å². The summed E-state index contributed by atoms with van der Waals surface area (Å²) in [5.41, 5.74) is 3.08. The molecule has 2 N–H and O–H groups in total. The predicted molar refractivity (Wildman–Crippen MR) is 153 cm³/mol. The van der Waals surface area contributed by atoms with Gasteiger partial charge in [-0.2, -0.15) is 0 Å². The number of nitrogens with zero attached hydrogens (tertiary/aromatic N) is 4. The number of alkyl carbamates (subject to hydrolysis) is 1. The Morgan fingerprint density at radius 2 is 2.02 bits per heavy atom. The number of amides is 1. The Kier molecular flexibility index (Phi) is 7.41. The van der Waals surface area contributed by atoms with E-state index < -0.39 is 17.3 Å². The minimum absolute atomic E-state index is 0.106. The quantitative estimate of drug-likeness (QED) is 0.273. The first-order valence-corrected chi connectivity index (χ1v) is 13.5. The highest BCUT2D eigenvalue weighted by atomic mass is 16.6. The SMILES string of the molecule is Cc1cn2cc(-c3c(OCCNC(=O)OC(C)(C)C)c4ccc(N5CCN[C@@H](C)C5)cc4oc3=O)nc2c(C)n1. The highest BCUT2D eigenvalue weighted by Crippen LogP contribution is 2.36. The Morgan fingerprint density at radius 3 is 2.77 bits per heavy atom. The minimum atomic E-state index is -0.610. The number of imidazole rings is 1. The van der Waals surface area contributed by atoms with Crippen molar-refractivity contribution in [3.63, 3.8) is 0 Å². The van der Waals surface area contributed by atoms with Crippen LogP contribution in [0.15, 0.2) is 39.8 Å². The molecule has 11 heteroatoms. The van der Waals surface area contributed by atoms with Crippen LogP contribution in [0.3, 0.4) is 0 Å². The Labute approximate surface area is 232 Å². The summed E-state index contributed by atoms with van der Waals surface area (Å²) < 4.78 is 19.2. The van der Waals surface area contributed by atoms with E-state index in [1.165, 1.54) is 0 Å². The van der Waals surface area contributed by atoms with Gasteiger partial charge >= 0.3 is 11.7 Å². The fraction of sp³-hybridized carbons (Fsp3) is 0.448. The molecule has 1 aromatic carbocycles. The van der Waals surface area contributed by atoms with E-state index in [2.05, 4.69) is 27.4 Å². The van der Waals surface area contributed by atoms with Crippen LogP contribution in [0.2, 0.25) is 0 Å². The molecule has 3 aromatic heterocycles. The number of nitrogens with one attached hydrogen (secondary N) is 2. The van der Waals surface area contributed by atoms with Crippen LogP contribution in [0.5, 0.6) is 5.75 Å². The van der Waals surface area contributed by atoms with Crippen molar-refractivity contribution in [2.24, 2.45) is 0 Å². The van der Waals surface area contributed by atoms with Crippen LogP contribution in [0.1, 0.15) is 39.1 Å². The van der Waals surface area contributed by atoms with E-state index in [0.29, 0.717) is 34.1 Å². The van der Waals surface area contributed by atoms with Crippen LogP contribution in [0, 0.1) is 13.8 Å². The third-order valence-corrected chi connectivity index (χ3v) is 6.58. The smallest absolute Gasteiger partial charge is 0.407 e. The number of hydrogen-bond acceptors (Lipinski definition) is 9. The van der Waals surface area contributed by atoms with Crippen molar-refractivity contribution in [3.8, 4) is 17.0 Å². The summed E-state index contributed by atoms with van der Waals surface area (Å²) in [7, 11) is 0. The predicted octanol–water partition coefficient (Wildman–Crippen LogP) is 3.82. The second-order valence-electron chi connectivity index (χ2n) is 11.2. The fourth-order valence-corrected chi connectivity index (χ4v) is 4.94. The van der Waals surface area contributed by atoms with E-state index in [0.717, 1.165) is 36.7 Å². The van der Waals surface area contributed by atoms with Gasteiger partial charge in [0.1, 0.15) is 34.8 Å². The Hall–Kier alpha value is -4.12. The lowest BCUT2D eigenvalue weighted by atomic mass is 10.1. The molecule has 212 valence electrons. The van der Waals surface area contributed by atoms with Crippen LogP contribution in [0.4, 0.5) is 10.5 Å². The molecule has 4 heterocycles. The molecule has 1 aliphatic heterocycles. The summed E-state index contributed by atoms with van der Waals surface area (Å²) in [4.78, 5) is 37.1. The molecule has 0 bridgehead atoms. The molecule has 40 heavy (non-hydrogen) atoms. The molecule has 1 atom stereocenters. The fourth-order valence-electron chi connectivity index (χ4n) is 4.94. The van der Waals surface area contributed by atoms with Gasteiger partial charge < -0.3 is 33.8 Å². The second-order valence-corrected chi connectivity index (χ2v) is 11.2. The number of carbonyl (C=O) groups is 1. The summed E-state index contributed by atoms with van der Waals surface area (Å²) >= 11 is 0. The van der Waals surface area contributed by atoms with Crippen molar-refractivity contribution < 1.29 is 18.7 Å². The van der Waals surface area contributed by atoms with Crippen LogP contribution in [-0.2, 0) is 4.74 Å². The van der Waals surface area contributed by atoms with E-state index in [1.807, 2.05) is 42.6 Å². The van der Waals surface area contributed by atoms with Gasteiger partial charge in [0.15, 0.2) is 5.65 Å². The minimum Gasteiger partial charge on any atom is -0.490 e. The summed E-state index contributed by atoms with van der Waals surface area (Å²) in [6.45, 7) is 14.2. The lowest BCUT2D eigenvalue weighted by Crippen LogP contribution is -2.49. The molecule has 0 aliphatic carbocycles. The van der Waals surface area contributed by atoms with Crippen molar-refractivity contribution in [2.75, 3.05) is 37.7 Å². The second kappa shape index (κ2) is 10.8. The Morgan fingerprint density at radius 1 is 1.23 bits per heavy atom. The van der Waals surface area contributed by atoms with Crippen molar-refractivity contribution in [2.45, 2.75) is 53.2 Å². The van der Waals surface area contributed by atoms with Gasteiger partial charge in [0.05, 0.1) is 23.3 Å². The molecule has 0 spiro atoms. The number of fused-ring (bicyclic) bond motifs is 2. The van der Waals surface area contributed by atoms with Gasteiger partial charge in [-0.15, -0.1) is 0 Å². The Bertz CT molecular complexity index is 1620. The highest BCUT2D eigenvalue weighted by Gasteiger charge is 2.23. The number of piperazine rings is 1. The third-order valence-electron chi connectivity index (χ3n) is 6.58. The van der Waals surface area contributed by atoms with E-state index >= 15 is 0 Å². The van der Waals surface area contributed by atoms with Crippen LogP contribution in [-0.4, -0.2) is 64.9 Å². The molecule has 1 aliphatic rings. The highest BCUT2D eigenvalue weighted by molar-refractivity contribution is 5.92. The van der Waals surface area contributed by atoms with Crippen LogP contribution >= 0.6 is 0 Å². The number of carbonyl (C=O) groups excluding carboxylic acids is 1. The van der Waals surface area contributed by atoms with Gasteiger partial charge in [-0.1, -0.05) is 0 Å². The van der Waals surface area contributed by atoms with Gasteiger partial charge in [-0.25, -0.2) is 14.6 Å². The molecule has 5 rings (SSSR count).